The van der Waals surface area contributed by atoms with Gasteiger partial charge < -0.3 is 14.8 Å². The molecule has 160 valence electrons. The molecule has 4 aromatic rings. The minimum Gasteiger partial charge on any atom is -0.493 e. The Kier molecular flexibility index (Phi) is 6.41. The zero-order valence-electron chi connectivity index (χ0n) is 17.9. The lowest BCUT2D eigenvalue weighted by Crippen LogP contribution is -2.22. The number of hydrogen-bond acceptors (Lipinski definition) is 5. The van der Waals surface area contributed by atoms with Gasteiger partial charge in [-0.2, -0.15) is 0 Å². The van der Waals surface area contributed by atoms with Gasteiger partial charge in [0.2, 0.25) is 5.88 Å². The summed E-state index contributed by atoms with van der Waals surface area (Å²) in [7, 11) is 1.59. The fourth-order valence-electron chi connectivity index (χ4n) is 3.24. The van der Waals surface area contributed by atoms with Crippen molar-refractivity contribution in [1.82, 2.24) is 15.5 Å². The minimum absolute atomic E-state index is 0.121. The van der Waals surface area contributed by atoms with Crippen LogP contribution in [0.5, 0.6) is 17.4 Å². The van der Waals surface area contributed by atoms with Crippen LogP contribution in [0.2, 0.25) is 0 Å². The average Bonchev–Trinajstić information content (AvgIpc) is 2.83. The van der Waals surface area contributed by atoms with E-state index in [9.17, 15) is 4.79 Å². The third-order valence-corrected chi connectivity index (χ3v) is 4.90. The molecule has 6 heteroatoms. The molecule has 0 saturated carbocycles. The van der Waals surface area contributed by atoms with Crippen LogP contribution in [-0.2, 0) is 6.54 Å². The van der Waals surface area contributed by atoms with Crippen LogP contribution in [0.25, 0.3) is 11.3 Å². The van der Waals surface area contributed by atoms with Crippen LogP contribution < -0.4 is 14.8 Å². The molecule has 0 unspecified atom stereocenters. The Morgan fingerprint density at radius 3 is 2.34 bits per heavy atom. The van der Waals surface area contributed by atoms with Crippen molar-refractivity contribution in [3.05, 3.63) is 102 Å². The van der Waals surface area contributed by atoms with Crippen molar-refractivity contribution < 1.29 is 14.3 Å². The van der Waals surface area contributed by atoms with Crippen LogP contribution >= 0.6 is 0 Å². The third kappa shape index (κ3) is 5.10. The molecule has 0 radical (unpaired) electrons. The van der Waals surface area contributed by atoms with E-state index in [1.807, 2.05) is 61.5 Å². The predicted octanol–water partition coefficient (Wildman–Crippen LogP) is 5.18. The highest BCUT2D eigenvalue weighted by molar-refractivity contribution is 5.94. The third-order valence-electron chi connectivity index (χ3n) is 4.90. The Bertz CT molecular complexity index is 1210. The van der Waals surface area contributed by atoms with Crippen LogP contribution in [0.15, 0.2) is 84.9 Å². The Balaban J connectivity index is 1.39. The van der Waals surface area contributed by atoms with Gasteiger partial charge in [-0.25, -0.2) is 0 Å². The fraction of sp³-hybridized carbons (Fsp3) is 0.115. The summed E-state index contributed by atoms with van der Waals surface area (Å²) in [5.74, 6) is 1.43. The van der Waals surface area contributed by atoms with Gasteiger partial charge in [-0.3, -0.25) is 4.79 Å². The van der Waals surface area contributed by atoms with Crippen molar-refractivity contribution in [1.29, 1.82) is 0 Å². The molecule has 0 fully saturated rings. The molecule has 0 aliphatic rings. The number of aromatic nitrogens is 2. The summed E-state index contributed by atoms with van der Waals surface area (Å²) in [5, 5.41) is 11.3. The number of benzene rings is 3. The second kappa shape index (κ2) is 9.75. The molecule has 1 aromatic heterocycles. The number of nitrogens with one attached hydrogen (secondary N) is 1. The monoisotopic (exact) mass is 425 g/mol. The molecular formula is C26H23N3O3. The van der Waals surface area contributed by atoms with Gasteiger partial charge in [0.15, 0.2) is 11.5 Å². The molecule has 0 saturated heterocycles. The van der Waals surface area contributed by atoms with Gasteiger partial charge in [-0.15, -0.1) is 10.2 Å². The number of rotatable bonds is 7. The number of aryl methyl sites for hydroxylation is 1. The van der Waals surface area contributed by atoms with E-state index in [1.54, 1.807) is 31.4 Å². The highest BCUT2D eigenvalue weighted by Crippen LogP contribution is 2.30. The van der Waals surface area contributed by atoms with Gasteiger partial charge in [0.05, 0.1) is 12.8 Å². The van der Waals surface area contributed by atoms with E-state index in [0.29, 0.717) is 35.2 Å². The first-order valence-electron chi connectivity index (χ1n) is 10.2. The highest BCUT2D eigenvalue weighted by atomic mass is 16.5. The lowest BCUT2D eigenvalue weighted by Gasteiger charge is -2.09. The van der Waals surface area contributed by atoms with Crippen molar-refractivity contribution in [3.63, 3.8) is 0 Å². The lowest BCUT2D eigenvalue weighted by molar-refractivity contribution is 0.0951. The summed E-state index contributed by atoms with van der Waals surface area (Å²) < 4.78 is 11.0. The number of amides is 1. The van der Waals surface area contributed by atoms with Crippen LogP contribution in [0, 0.1) is 6.92 Å². The van der Waals surface area contributed by atoms with Crippen LogP contribution in [0.4, 0.5) is 0 Å². The van der Waals surface area contributed by atoms with Crippen molar-refractivity contribution >= 4 is 5.91 Å². The molecule has 6 nitrogen and oxygen atoms in total. The zero-order chi connectivity index (χ0) is 22.3. The minimum atomic E-state index is -0.121. The molecule has 0 spiro atoms. The molecule has 3 aromatic carbocycles. The van der Waals surface area contributed by atoms with E-state index in [4.69, 9.17) is 9.47 Å². The number of carbonyl (C=O) groups is 1. The maximum Gasteiger partial charge on any atom is 0.251 e. The molecule has 0 aliphatic carbocycles. The van der Waals surface area contributed by atoms with Crippen molar-refractivity contribution in [2.45, 2.75) is 13.5 Å². The Labute approximate surface area is 186 Å². The first-order valence-corrected chi connectivity index (χ1v) is 10.2. The van der Waals surface area contributed by atoms with Crippen molar-refractivity contribution in [2.24, 2.45) is 0 Å². The molecular weight excluding hydrogens is 402 g/mol. The van der Waals surface area contributed by atoms with Gasteiger partial charge in [-0.1, -0.05) is 54.1 Å². The number of hydrogen-bond donors (Lipinski definition) is 1. The largest absolute Gasteiger partial charge is 0.493 e. The fourth-order valence-corrected chi connectivity index (χ4v) is 3.24. The van der Waals surface area contributed by atoms with E-state index >= 15 is 0 Å². The summed E-state index contributed by atoms with van der Waals surface area (Å²) in [6.45, 7) is 2.52. The summed E-state index contributed by atoms with van der Waals surface area (Å²) in [4.78, 5) is 12.5. The second-order valence-corrected chi connectivity index (χ2v) is 7.26. The Morgan fingerprint density at radius 1 is 0.875 bits per heavy atom. The number of para-hydroxylation sites is 2. The van der Waals surface area contributed by atoms with E-state index < -0.39 is 0 Å². The lowest BCUT2D eigenvalue weighted by atomic mass is 10.1. The quantitative estimate of drug-likeness (QED) is 0.441. The Hall–Kier alpha value is -4.19. The van der Waals surface area contributed by atoms with Crippen molar-refractivity contribution in [3.8, 4) is 28.6 Å². The van der Waals surface area contributed by atoms with Crippen LogP contribution in [-0.4, -0.2) is 23.2 Å². The maximum atomic E-state index is 12.5. The normalized spacial score (nSPS) is 10.4. The average molecular weight is 425 g/mol. The second-order valence-electron chi connectivity index (χ2n) is 7.26. The zero-order valence-corrected chi connectivity index (χ0v) is 17.9. The summed E-state index contributed by atoms with van der Waals surface area (Å²) in [6, 6.07) is 26.3. The van der Waals surface area contributed by atoms with Gasteiger partial charge >= 0.3 is 0 Å². The van der Waals surface area contributed by atoms with E-state index in [-0.39, 0.29) is 5.91 Å². The van der Waals surface area contributed by atoms with Gasteiger partial charge in [0, 0.05) is 23.7 Å². The topological polar surface area (TPSA) is 73.3 Å². The molecule has 32 heavy (non-hydrogen) atoms. The standard InChI is InChI=1S/C26H23N3O3/c1-18-6-5-7-19(16-18)17-27-26(30)21-12-10-20(11-13-21)22-14-15-25(29-28-22)32-24-9-4-3-8-23(24)31-2/h3-16H,17H2,1-2H3,(H,27,30). The van der Waals surface area contributed by atoms with Crippen LogP contribution in [0.1, 0.15) is 21.5 Å². The van der Waals surface area contributed by atoms with E-state index in [0.717, 1.165) is 11.1 Å². The van der Waals surface area contributed by atoms with Gasteiger partial charge in [0.1, 0.15) is 0 Å². The summed E-state index contributed by atoms with van der Waals surface area (Å²) in [5.41, 5.74) is 4.37. The number of carbonyl (C=O) groups excluding carboxylic acids is 1. The number of ether oxygens (including phenoxy) is 2. The van der Waals surface area contributed by atoms with Gasteiger partial charge in [0.25, 0.3) is 5.91 Å². The Morgan fingerprint density at radius 2 is 1.66 bits per heavy atom. The van der Waals surface area contributed by atoms with Gasteiger partial charge in [-0.05, 0) is 42.8 Å². The van der Waals surface area contributed by atoms with E-state index in [1.165, 1.54) is 5.56 Å². The smallest absolute Gasteiger partial charge is 0.251 e. The summed E-state index contributed by atoms with van der Waals surface area (Å²) in [6.07, 6.45) is 0. The van der Waals surface area contributed by atoms with Crippen LogP contribution in [0.3, 0.4) is 0 Å². The molecule has 0 atom stereocenters. The maximum absolute atomic E-state index is 12.5. The first kappa shape index (κ1) is 21.1. The molecule has 1 amide bonds. The molecule has 1 heterocycles. The van der Waals surface area contributed by atoms with Crippen molar-refractivity contribution in [2.75, 3.05) is 7.11 Å². The molecule has 1 N–H and O–H groups in total. The molecule has 0 aliphatic heterocycles. The predicted molar refractivity (Wildman–Crippen MR) is 123 cm³/mol. The molecule has 4 rings (SSSR count). The number of methoxy groups -OCH3 is 1. The highest BCUT2D eigenvalue weighted by Gasteiger charge is 2.09. The number of nitrogens with zero attached hydrogens (tertiary/aromatic N) is 2. The molecule has 0 bridgehead atoms. The summed E-state index contributed by atoms with van der Waals surface area (Å²) >= 11 is 0. The SMILES string of the molecule is COc1ccccc1Oc1ccc(-c2ccc(C(=O)NCc3cccc(C)c3)cc2)nn1. The van der Waals surface area contributed by atoms with E-state index in [2.05, 4.69) is 21.6 Å². The first-order chi connectivity index (χ1) is 15.6.